The Morgan fingerprint density at radius 1 is 1.47 bits per heavy atom. The number of rotatable bonds is 4. The van der Waals surface area contributed by atoms with Crippen molar-refractivity contribution in [3.63, 3.8) is 0 Å². The van der Waals surface area contributed by atoms with Crippen LogP contribution in [0.15, 0.2) is 0 Å². The fourth-order valence-corrected chi connectivity index (χ4v) is 1.92. The number of carbonyl (C=O) groups is 1. The van der Waals surface area contributed by atoms with Gasteiger partial charge in [0.05, 0.1) is 12.6 Å². The smallest absolute Gasteiger partial charge is 0.234 e. The summed E-state index contributed by atoms with van der Waals surface area (Å²) in [5.74, 6) is 0.0480. The van der Waals surface area contributed by atoms with Gasteiger partial charge in [-0.05, 0) is 19.3 Å². The van der Waals surface area contributed by atoms with Crippen molar-refractivity contribution >= 4 is 5.91 Å². The average molecular weight is 212 g/mol. The van der Waals surface area contributed by atoms with Crippen LogP contribution in [0, 0.1) is 5.41 Å². The molecule has 2 saturated carbocycles. The van der Waals surface area contributed by atoms with E-state index >= 15 is 0 Å². The van der Waals surface area contributed by atoms with E-state index < -0.39 is 0 Å². The lowest BCUT2D eigenvalue weighted by Gasteiger charge is -2.49. The van der Waals surface area contributed by atoms with Gasteiger partial charge in [0, 0.05) is 17.5 Å². The van der Waals surface area contributed by atoms with Crippen LogP contribution >= 0.6 is 0 Å². The molecule has 0 saturated heterocycles. The van der Waals surface area contributed by atoms with Gasteiger partial charge >= 0.3 is 0 Å². The molecule has 86 valence electrons. The maximum Gasteiger partial charge on any atom is 0.234 e. The maximum atomic E-state index is 11.5. The van der Waals surface area contributed by atoms with Crippen molar-refractivity contribution in [2.75, 3.05) is 6.54 Å². The van der Waals surface area contributed by atoms with Gasteiger partial charge in [-0.1, -0.05) is 13.8 Å². The van der Waals surface area contributed by atoms with E-state index in [9.17, 15) is 9.90 Å². The van der Waals surface area contributed by atoms with Crippen molar-refractivity contribution in [3.8, 4) is 0 Å². The zero-order valence-electron chi connectivity index (χ0n) is 9.42. The van der Waals surface area contributed by atoms with Gasteiger partial charge in [-0.15, -0.1) is 0 Å². The molecular weight excluding hydrogens is 192 g/mol. The van der Waals surface area contributed by atoms with E-state index in [1.54, 1.807) is 0 Å². The van der Waals surface area contributed by atoms with Crippen molar-refractivity contribution in [2.45, 2.75) is 51.3 Å². The van der Waals surface area contributed by atoms with Crippen LogP contribution in [0.25, 0.3) is 0 Å². The predicted octanol–water partition coefficient (Wildman–Crippen LogP) is 0.0140. The Balaban J connectivity index is 1.70. The maximum absolute atomic E-state index is 11.5. The highest BCUT2D eigenvalue weighted by molar-refractivity contribution is 5.78. The zero-order valence-corrected chi connectivity index (χ0v) is 9.42. The fraction of sp³-hybridized carbons (Fsp3) is 0.909. The van der Waals surface area contributed by atoms with E-state index in [2.05, 4.69) is 10.6 Å². The lowest BCUT2D eigenvalue weighted by molar-refractivity contribution is -0.128. The zero-order chi connectivity index (χ0) is 11.1. The van der Waals surface area contributed by atoms with Crippen LogP contribution < -0.4 is 10.6 Å². The first kappa shape index (κ1) is 10.9. The van der Waals surface area contributed by atoms with E-state index in [4.69, 9.17) is 0 Å². The number of amides is 1. The van der Waals surface area contributed by atoms with Gasteiger partial charge in [-0.25, -0.2) is 0 Å². The molecule has 1 amide bonds. The third-order valence-corrected chi connectivity index (χ3v) is 3.68. The van der Waals surface area contributed by atoms with Gasteiger partial charge in [-0.3, -0.25) is 4.79 Å². The van der Waals surface area contributed by atoms with Gasteiger partial charge in [-0.2, -0.15) is 0 Å². The summed E-state index contributed by atoms with van der Waals surface area (Å²) in [4.78, 5) is 11.5. The molecule has 0 spiro atoms. The van der Waals surface area contributed by atoms with Crippen molar-refractivity contribution in [1.82, 2.24) is 10.6 Å². The molecule has 0 radical (unpaired) electrons. The summed E-state index contributed by atoms with van der Waals surface area (Å²) in [7, 11) is 0. The molecule has 2 fully saturated rings. The minimum atomic E-state index is -0.279. The minimum absolute atomic E-state index is 0.0480. The van der Waals surface area contributed by atoms with Crippen molar-refractivity contribution < 1.29 is 9.90 Å². The van der Waals surface area contributed by atoms with Gasteiger partial charge in [0.15, 0.2) is 0 Å². The van der Waals surface area contributed by atoms with Crippen LogP contribution in [0.2, 0.25) is 0 Å². The highest BCUT2D eigenvalue weighted by Crippen LogP contribution is 2.40. The SMILES string of the molecule is CC1(C)C(O)CC1NC(=O)CNC1CC1. The fourth-order valence-electron chi connectivity index (χ4n) is 1.92. The molecular formula is C11H20N2O2. The molecule has 2 unspecified atom stereocenters. The third kappa shape index (κ3) is 2.32. The van der Waals surface area contributed by atoms with E-state index in [0.29, 0.717) is 19.0 Å². The van der Waals surface area contributed by atoms with Crippen LogP contribution in [-0.2, 0) is 4.79 Å². The molecule has 4 heteroatoms. The number of nitrogens with one attached hydrogen (secondary N) is 2. The highest BCUT2D eigenvalue weighted by atomic mass is 16.3. The summed E-state index contributed by atoms with van der Waals surface area (Å²) in [6.45, 7) is 4.38. The monoisotopic (exact) mass is 212 g/mol. The molecule has 2 aliphatic carbocycles. The summed E-state index contributed by atoms with van der Waals surface area (Å²) in [5.41, 5.74) is -0.171. The molecule has 4 nitrogen and oxygen atoms in total. The third-order valence-electron chi connectivity index (χ3n) is 3.68. The Morgan fingerprint density at radius 3 is 2.60 bits per heavy atom. The first-order valence-corrected chi connectivity index (χ1v) is 5.71. The van der Waals surface area contributed by atoms with Crippen LogP contribution in [0.5, 0.6) is 0 Å². The molecule has 0 aromatic carbocycles. The number of carbonyl (C=O) groups excluding carboxylic acids is 1. The van der Waals surface area contributed by atoms with Gasteiger partial charge in [0.2, 0.25) is 5.91 Å². The van der Waals surface area contributed by atoms with E-state index in [-0.39, 0.29) is 23.5 Å². The van der Waals surface area contributed by atoms with E-state index in [1.165, 1.54) is 12.8 Å². The summed E-state index contributed by atoms with van der Waals surface area (Å²) >= 11 is 0. The predicted molar refractivity (Wildman–Crippen MR) is 57.4 cm³/mol. The Morgan fingerprint density at radius 2 is 2.13 bits per heavy atom. The molecule has 2 rings (SSSR count). The highest BCUT2D eigenvalue weighted by Gasteiger charge is 2.47. The Labute approximate surface area is 90.4 Å². The molecule has 2 aliphatic rings. The average Bonchev–Trinajstić information content (AvgIpc) is 2.98. The molecule has 0 aromatic heterocycles. The van der Waals surface area contributed by atoms with Crippen LogP contribution in [0.3, 0.4) is 0 Å². The quantitative estimate of drug-likeness (QED) is 0.615. The number of hydrogen-bond donors (Lipinski definition) is 3. The van der Waals surface area contributed by atoms with Crippen molar-refractivity contribution in [1.29, 1.82) is 0 Å². The summed E-state index contributed by atoms with van der Waals surface area (Å²) < 4.78 is 0. The van der Waals surface area contributed by atoms with Gasteiger partial charge in [0.1, 0.15) is 0 Å². The molecule has 3 N–H and O–H groups in total. The molecule has 0 bridgehead atoms. The first-order valence-electron chi connectivity index (χ1n) is 5.71. The molecule has 15 heavy (non-hydrogen) atoms. The first-order chi connectivity index (χ1) is 7.00. The standard InChI is InChI=1S/C11H20N2O2/c1-11(2)8(5-9(11)14)13-10(15)6-12-7-3-4-7/h7-9,12,14H,3-6H2,1-2H3,(H,13,15). The lowest BCUT2D eigenvalue weighted by Crippen LogP contribution is -2.62. The second kappa shape index (κ2) is 3.76. The summed E-state index contributed by atoms with van der Waals surface area (Å²) in [6, 6.07) is 0.691. The number of aliphatic hydroxyl groups is 1. The van der Waals surface area contributed by atoms with Crippen LogP contribution in [-0.4, -0.2) is 35.7 Å². The van der Waals surface area contributed by atoms with Crippen molar-refractivity contribution in [2.24, 2.45) is 5.41 Å². The second-order valence-corrected chi connectivity index (χ2v) is 5.35. The molecule has 0 aliphatic heterocycles. The number of aliphatic hydroxyl groups excluding tert-OH is 1. The van der Waals surface area contributed by atoms with Crippen LogP contribution in [0.4, 0.5) is 0 Å². The van der Waals surface area contributed by atoms with Crippen LogP contribution in [0.1, 0.15) is 33.1 Å². The molecule has 2 atom stereocenters. The normalized spacial score (nSPS) is 33.3. The van der Waals surface area contributed by atoms with Gasteiger partial charge in [0.25, 0.3) is 0 Å². The molecule has 0 heterocycles. The Bertz CT molecular complexity index is 261. The lowest BCUT2D eigenvalue weighted by atomic mass is 9.64. The Hall–Kier alpha value is -0.610. The van der Waals surface area contributed by atoms with Crippen molar-refractivity contribution in [3.05, 3.63) is 0 Å². The second-order valence-electron chi connectivity index (χ2n) is 5.35. The number of hydrogen-bond acceptors (Lipinski definition) is 3. The summed E-state index contributed by atoms with van der Waals surface area (Å²) in [5, 5.41) is 15.7. The van der Waals surface area contributed by atoms with E-state index in [1.807, 2.05) is 13.8 Å². The molecule has 0 aromatic rings. The Kier molecular flexibility index (Phi) is 2.73. The largest absolute Gasteiger partial charge is 0.392 e. The summed E-state index contributed by atoms with van der Waals surface area (Å²) in [6.07, 6.45) is 2.79. The van der Waals surface area contributed by atoms with E-state index in [0.717, 1.165) is 0 Å². The minimum Gasteiger partial charge on any atom is -0.392 e. The topological polar surface area (TPSA) is 61.4 Å². The van der Waals surface area contributed by atoms with Gasteiger partial charge < -0.3 is 15.7 Å².